The molecule has 0 N–H and O–H groups in total. The predicted octanol–water partition coefficient (Wildman–Crippen LogP) is 4.00. The third-order valence-corrected chi connectivity index (χ3v) is 3.06. The lowest BCUT2D eigenvalue weighted by atomic mass is 10.0. The Hall–Kier alpha value is -0.600. The molecule has 0 aliphatic carbocycles. The van der Waals surface area contributed by atoms with Crippen LogP contribution in [-0.4, -0.2) is 0 Å². The summed E-state index contributed by atoms with van der Waals surface area (Å²) in [6, 6.07) is 8.08. The zero-order chi connectivity index (χ0) is 10.6. The molecule has 0 saturated heterocycles. The molecule has 0 bridgehead atoms. The molecule has 1 aromatic carbocycles. The lowest BCUT2D eigenvalue weighted by molar-refractivity contribution is 1.13. The fourth-order valence-electron chi connectivity index (χ4n) is 1.30. The molecule has 0 amide bonds. The SMILES string of the molecule is C=CC(S)c1ccccc1C(S)C=C. The number of hydrogen-bond acceptors (Lipinski definition) is 2. The van der Waals surface area contributed by atoms with Crippen molar-refractivity contribution in [3.8, 4) is 0 Å². The molecule has 14 heavy (non-hydrogen) atoms. The molecule has 0 nitrogen and oxygen atoms in total. The molecule has 0 aliphatic rings. The summed E-state index contributed by atoms with van der Waals surface area (Å²) in [5.41, 5.74) is 2.29. The summed E-state index contributed by atoms with van der Waals surface area (Å²) in [6.45, 7) is 7.47. The van der Waals surface area contributed by atoms with E-state index in [9.17, 15) is 0 Å². The highest BCUT2D eigenvalue weighted by Crippen LogP contribution is 2.31. The van der Waals surface area contributed by atoms with Gasteiger partial charge in [-0.15, -0.1) is 13.2 Å². The first kappa shape index (κ1) is 11.5. The van der Waals surface area contributed by atoms with E-state index in [1.807, 2.05) is 36.4 Å². The minimum Gasteiger partial charge on any atom is -0.167 e. The fourth-order valence-corrected chi connectivity index (χ4v) is 1.77. The largest absolute Gasteiger partial charge is 0.167 e. The predicted molar refractivity (Wildman–Crippen MR) is 70.3 cm³/mol. The molecule has 0 aromatic heterocycles. The van der Waals surface area contributed by atoms with E-state index >= 15 is 0 Å². The molecular formula is C12H14S2. The molecule has 2 unspecified atom stereocenters. The van der Waals surface area contributed by atoms with Crippen LogP contribution in [0.25, 0.3) is 0 Å². The zero-order valence-electron chi connectivity index (χ0n) is 7.93. The van der Waals surface area contributed by atoms with Crippen LogP contribution in [0.2, 0.25) is 0 Å². The summed E-state index contributed by atoms with van der Waals surface area (Å²) >= 11 is 8.87. The highest BCUT2D eigenvalue weighted by molar-refractivity contribution is 7.81. The Morgan fingerprint density at radius 3 is 1.57 bits per heavy atom. The molecule has 1 rings (SSSR count). The van der Waals surface area contributed by atoms with Gasteiger partial charge < -0.3 is 0 Å². The maximum absolute atomic E-state index is 4.44. The van der Waals surface area contributed by atoms with Crippen LogP contribution in [0.15, 0.2) is 49.6 Å². The van der Waals surface area contributed by atoms with Crippen LogP contribution in [0, 0.1) is 0 Å². The van der Waals surface area contributed by atoms with E-state index in [1.54, 1.807) is 0 Å². The second kappa shape index (κ2) is 5.32. The van der Waals surface area contributed by atoms with Crippen LogP contribution in [0.1, 0.15) is 21.6 Å². The monoisotopic (exact) mass is 222 g/mol. The summed E-state index contributed by atoms with van der Waals surface area (Å²) in [4.78, 5) is 0. The van der Waals surface area contributed by atoms with Gasteiger partial charge in [0.1, 0.15) is 0 Å². The molecule has 0 aliphatic heterocycles. The average Bonchev–Trinajstić information content (AvgIpc) is 2.27. The van der Waals surface area contributed by atoms with Crippen LogP contribution in [0.5, 0.6) is 0 Å². The van der Waals surface area contributed by atoms with Crippen molar-refractivity contribution in [2.45, 2.75) is 10.5 Å². The van der Waals surface area contributed by atoms with Crippen molar-refractivity contribution in [2.75, 3.05) is 0 Å². The number of thiol groups is 2. The van der Waals surface area contributed by atoms with Crippen LogP contribution in [0.4, 0.5) is 0 Å². The molecular weight excluding hydrogens is 208 g/mol. The Kier molecular flexibility index (Phi) is 4.36. The first-order chi connectivity index (χ1) is 6.70. The van der Waals surface area contributed by atoms with Crippen molar-refractivity contribution in [3.05, 3.63) is 60.7 Å². The number of rotatable bonds is 4. The number of benzene rings is 1. The molecule has 0 spiro atoms. The van der Waals surface area contributed by atoms with E-state index in [4.69, 9.17) is 0 Å². The van der Waals surface area contributed by atoms with Crippen molar-refractivity contribution in [1.29, 1.82) is 0 Å². The summed E-state index contributed by atoms with van der Waals surface area (Å²) in [6.07, 6.45) is 3.62. The van der Waals surface area contributed by atoms with Gasteiger partial charge in [-0.05, 0) is 11.1 Å². The van der Waals surface area contributed by atoms with E-state index in [1.165, 1.54) is 0 Å². The molecule has 0 radical (unpaired) electrons. The highest BCUT2D eigenvalue weighted by Gasteiger charge is 2.11. The van der Waals surface area contributed by atoms with E-state index in [0.717, 1.165) is 11.1 Å². The molecule has 1 aromatic rings. The lowest BCUT2D eigenvalue weighted by Gasteiger charge is -2.15. The van der Waals surface area contributed by atoms with E-state index in [2.05, 4.69) is 38.4 Å². The standard InChI is InChI=1S/C12H14S2/c1-3-11(13)9-7-5-6-8-10(9)12(14)4-2/h3-8,11-14H,1-2H2. The van der Waals surface area contributed by atoms with Gasteiger partial charge in [-0.1, -0.05) is 36.4 Å². The van der Waals surface area contributed by atoms with Crippen LogP contribution >= 0.6 is 25.3 Å². The van der Waals surface area contributed by atoms with Crippen molar-refractivity contribution in [3.63, 3.8) is 0 Å². The Morgan fingerprint density at radius 2 is 1.29 bits per heavy atom. The van der Waals surface area contributed by atoms with Gasteiger partial charge in [0.25, 0.3) is 0 Å². The Bertz CT molecular complexity index is 298. The molecule has 0 heterocycles. The highest BCUT2D eigenvalue weighted by atomic mass is 32.1. The van der Waals surface area contributed by atoms with Gasteiger partial charge in [0.05, 0.1) is 0 Å². The van der Waals surface area contributed by atoms with Crippen molar-refractivity contribution in [1.82, 2.24) is 0 Å². The van der Waals surface area contributed by atoms with E-state index in [0.29, 0.717) is 0 Å². The average molecular weight is 222 g/mol. The molecule has 2 atom stereocenters. The first-order valence-corrected chi connectivity index (χ1v) is 5.44. The Labute approximate surface area is 96.6 Å². The molecule has 0 saturated carbocycles. The van der Waals surface area contributed by atoms with Crippen molar-refractivity contribution >= 4 is 25.3 Å². The summed E-state index contributed by atoms with van der Waals surface area (Å²) < 4.78 is 0. The second-order valence-electron chi connectivity index (χ2n) is 2.99. The zero-order valence-corrected chi connectivity index (χ0v) is 9.72. The van der Waals surface area contributed by atoms with Crippen LogP contribution < -0.4 is 0 Å². The quantitative estimate of drug-likeness (QED) is 0.558. The van der Waals surface area contributed by atoms with Gasteiger partial charge >= 0.3 is 0 Å². The van der Waals surface area contributed by atoms with E-state index < -0.39 is 0 Å². The first-order valence-electron chi connectivity index (χ1n) is 4.40. The van der Waals surface area contributed by atoms with Gasteiger partial charge in [-0.25, -0.2) is 0 Å². The molecule has 74 valence electrons. The third-order valence-electron chi connectivity index (χ3n) is 2.08. The van der Waals surface area contributed by atoms with Crippen molar-refractivity contribution in [2.24, 2.45) is 0 Å². The Balaban J connectivity index is 3.14. The van der Waals surface area contributed by atoms with Gasteiger partial charge in [-0.3, -0.25) is 0 Å². The summed E-state index contributed by atoms with van der Waals surface area (Å²) in [5.74, 6) is 0. The van der Waals surface area contributed by atoms with Gasteiger partial charge in [0.15, 0.2) is 0 Å². The number of hydrogen-bond donors (Lipinski definition) is 2. The summed E-state index contributed by atoms with van der Waals surface area (Å²) in [7, 11) is 0. The third kappa shape index (κ3) is 2.46. The minimum absolute atomic E-state index is 0.0563. The fraction of sp³-hybridized carbons (Fsp3) is 0.167. The van der Waals surface area contributed by atoms with Gasteiger partial charge in [0, 0.05) is 10.5 Å². The minimum atomic E-state index is 0.0563. The smallest absolute Gasteiger partial charge is 0.0447 e. The van der Waals surface area contributed by atoms with Gasteiger partial charge in [-0.2, -0.15) is 25.3 Å². The maximum Gasteiger partial charge on any atom is 0.0447 e. The molecule has 2 heteroatoms. The second-order valence-corrected chi connectivity index (χ2v) is 4.10. The summed E-state index contributed by atoms with van der Waals surface area (Å²) in [5, 5.41) is 0.113. The normalized spacial score (nSPS) is 14.4. The Morgan fingerprint density at radius 1 is 0.929 bits per heavy atom. The van der Waals surface area contributed by atoms with Gasteiger partial charge in [0.2, 0.25) is 0 Å². The maximum atomic E-state index is 4.44. The van der Waals surface area contributed by atoms with Crippen LogP contribution in [-0.2, 0) is 0 Å². The van der Waals surface area contributed by atoms with Crippen LogP contribution in [0.3, 0.4) is 0 Å². The lowest BCUT2D eigenvalue weighted by Crippen LogP contribution is -1.96. The molecule has 0 fully saturated rings. The van der Waals surface area contributed by atoms with E-state index in [-0.39, 0.29) is 10.5 Å². The topological polar surface area (TPSA) is 0 Å². The van der Waals surface area contributed by atoms with Crippen molar-refractivity contribution < 1.29 is 0 Å².